The first-order chi connectivity index (χ1) is 5.07. The van der Waals surface area contributed by atoms with Crippen LogP contribution in [0.5, 0.6) is 0 Å². The fourth-order valence-electron chi connectivity index (χ4n) is 0.606. The molecular formula is C6H4Cl3NO. The van der Waals surface area contributed by atoms with Gasteiger partial charge >= 0.3 is 0 Å². The number of hydrogen-bond donors (Lipinski definition) is 1. The Morgan fingerprint density at radius 2 is 2.09 bits per heavy atom. The molecule has 0 spiro atoms. The third-order valence-corrected chi connectivity index (χ3v) is 2.19. The van der Waals surface area contributed by atoms with Gasteiger partial charge in [-0.3, -0.25) is 4.79 Å². The van der Waals surface area contributed by atoms with E-state index >= 15 is 0 Å². The first-order valence-corrected chi connectivity index (χ1v) is 3.88. The number of allylic oxidation sites excluding steroid dienone is 2. The van der Waals surface area contributed by atoms with Crippen molar-refractivity contribution >= 4 is 41.1 Å². The van der Waals surface area contributed by atoms with Crippen LogP contribution in [0.4, 0.5) is 0 Å². The van der Waals surface area contributed by atoms with E-state index in [1.807, 2.05) is 0 Å². The van der Waals surface area contributed by atoms with Gasteiger partial charge in [0, 0.05) is 6.20 Å². The molecule has 0 aromatic carbocycles. The molecule has 0 saturated heterocycles. The Kier molecular flexibility index (Phi) is 2.47. The maximum Gasteiger partial charge on any atom is 0.188 e. The summed E-state index contributed by atoms with van der Waals surface area (Å²) < 4.78 is 0. The number of halogens is 3. The van der Waals surface area contributed by atoms with E-state index in [2.05, 4.69) is 5.32 Å². The molecule has 0 radical (unpaired) electrons. The normalized spacial score (nSPS) is 30.1. The Hall–Kier alpha value is -0.180. The molecule has 0 aliphatic carbocycles. The number of alkyl halides is 1. The number of aldehydes is 1. The van der Waals surface area contributed by atoms with Crippen LogP contribution in [-0.2, 0) is 4.79 Å². The lowest BCUT2D eigenvalue weighted by molar-refractivity contribution is -0.109. The zero-order chi connectivity index (χ0) is 8.48. The highest BCUT2D eigenvalue weighted by molar-refractivity contribution is 6.45. The zero-order valence-corrected chi connectivity index (χ0v) is 7.54. The molecule has 0 aromatic heterocycles. The predicted octanol–water partition coefficient (Wildman–Crippen LogP) is 1.93. The van der Waals surface area contributed by atoms with E-state index in [9.17, 15) is 4.79 Å². The number of dihydropyridines is 1. The molecule has 1 N–H and O–H groups in total. The van der Waals surface area contributed by atoms with Gasteiger partial charge in [-0.25, -0.2) is 0 Å². The van der Waals surface area contributed by atoms with E-state index in [1.54, 1.807) is 0 Å². The summed E-state index contributed by atoms with van der Waals surface area (Å²) in [5.74, 6) is 0. The van der Waals surface area contributed by atoms with Crippen molar-refractivity contribution in [3.8, 4) is 0 Å². The van der Waals surface area contributed by atoms with Crippen molar-refractivity contribution in [3.05, 3.63) is 22.3 Å². The average molecular weight is 212 g/mol. The van der Waals surface area contributed by atoms with Crippen molar-refractivity contribution in [1.82, 2.24) is 5.32 Å². The van der Waals surface area contributed by atoms with Crippen molar-refractivity contribution in [2.45, 2.75) is 5.00 Å². The standard InChI is InChI=1S/C6H4Cl3NO/c7-4-1-6(9,3-11)10-2-5(4)8/h1-3,10H. The molecule has 0 bridgehead atoms. The van der Waals surface area contributed by atoms with Gasteiger partial charge in [0.1, 0.15) is 0 Å². The number of nitrogens with one attached hydrogen (secondary N) is 1. The van der Waals surface area contributed by atoms with Gasteiger partial charge in [-0.05, 0) is 6.08 Å². The monoisotopic (exact) mass is 211 g/mol. The largest absolute Gasteiger partial charge is 0.362 e. The summed E-state index contributed by atoms with van der Waals surface area (Å²) in [6.45, 7) is 0. The average Bonchev–Trinajstić information content (AvgIpc) is 1.98. The molecule has 60 valence electrons. The lowest BCUT2D eigenvalue weighted by Gasteiger charge is -2.21. The molecule has 2 nitrogen and oxygen atoms in total. The molecule has 0 amide bonds. The molecule has 0 saturated carbocycles. The Balaban J connectivity index is 2.93. The summed E-state index contributed by atoms with van der Waals surface area (Å²) >= 11 is 16.9. The van der Waals surface area contributed by atoms with Gasteiger partial charge in [-0.15, -0.1) is 0 Å². The highest BCUT2D eigenvalue weighted by atomic mass is 35.5. The highest BCUT2D eigenvalue weighted by Crippen LogP contribution is 2.27. The molecule has 5 heteroatoms. The minimum Gasteiger partial charge on any atom is -0.362 e. The minimum atomic E-state index is -1.24. The van der Waals surface area contributed by atoms with Crippen molar-refractivity contribution in [3.63, 3.8) is 0 Å². The lowest BCUT2D eigenvalue weighted by Crippen LogP contribution is -2.37. The molecule has 0 fully saturated rings. The molecule has 1 atom stereocenters. The van der Waals surface area contributed by atoms with Crippen LogP contribution in [-0.4, -0.2) is 11.3 Å². The minimum absolute atomic E-state index is 0.271. The van der Waals surface area contributed by atoms with Gasteiger partial charge in [0.05, 0.1) is 10.1 Å². The maximum atomic E-state index is 10.4. The van der Waals surface area contributed by atoms with Gasteiger partial charge in [0.2, 0.25) is 0 Å². The molecule has 1 rings (SSSR count). The molecule has 1 heterocycles. The number of hydrogen-bond acceptors (Lipinski definition) is 2. The van der Waals surface area contributed by atoms with Crippen LogP contribution in [0.2, 0.25) is 0 Å². The van der Waals surface area contributed by atoms with E-state index < -0.39 is 5.00 Å². The van der Waals surface area contributed by atoms with Crippen LogP contribution in [0.1, 0.15) is 0 Å². The third-order valence-electron chi connectivity index (χ3n) is 1.16. The van der Waals surface area contributed by atoms with Crippen molar-refractivity contribution in [2.24, 2.45) is 0 Å². The summed E-state index contributed by atoms with van der Waals surface area (Å²) in [4.78, 5) is 9.12. The van der Waals surface area contributed by atoms with Gasteiger partial charge in [-0.2, -0.15) is 0 Å². The van der Waals surface area contributed by atoms with E-state index in [0.29, 0.717) is 11.3 Å². The summed E-state index contributed by atoms with van der Waals surface area (Å²) in [6.07, 6.45) is 3.26. The molecular weight excluding hydrogens is 208 g/mol. The van der Waals surface area contributed by atoms with Crippen LogP contribution in [0, 0.1) is 0 Å². The van der Waals surface area contributed by atoms with Crippen LogP contribution >= 0.6 is 34.8 Å². The second-order valence-electron chi connectivity index (χ2n) is 2.01. The first kappa shape index (κ1) is 8.91. The Morgan fingerprint density at radius 1 is 1.45 bits per heavy atom. The van der Waals surface area contributed by atoms with Gasteiger partial charge in [0.25, 0.3) is 0 Å². The topological polar surface area (TPSA) is 29.1 Å². The molecule has 1 aliphatic rings. The van der Waals surface area contributed by atoms with Gasteiger partial charge in [0.15, 0.2) is 11.3 Å². The second-order valence-corrected chi connectivity index (χ2v) is 3.45. The first-order valence-electron chi connectivity index (χ1n) is 2.75. The quantitative estimate of drug-likeness (QED) is 0.409. The smallest absolute Gasteiger partial charge is 0.188 e. The Bertz CT molecular complexity index is 248. The molecule has 0 aromatic rings. The third kappa shape index (κ3) is 1.89. The molecule has 1 unspecified atom stereocenters. The summed E-state index contributed by atoms with van der Waals surface area (Å²) in [7, 11) is 0. The van der Waals surface area contributed by atoms with Crippen molar-refractivity contribution in [2.75, 3.05) is 0 Å². The van der Waals surface area contributed by atoms with Gasteiger partial charge in [-0.1, -0.05) is 34.8 Å². The molecule has 1 aliphatic heterocycles. The SMILES string of the molecule is O=CC1(Cl)C=C(Cl)C(Cl)=CN1. The number of rotatable bonds is 1. The summed E-state index contributed by atoms with van der Waals surface area (Å²) in [6, 6.07) is 0. The number of carbonyl (C=O) groups excluding carboxylic acids is 1. The Labute approximate surface area is 78.8 Å². The fraction of sp³-hybridized carbons (Fsp3) is 0.167. The van der Waals surface area contributed by atoms with Crippen LogP contribution < -0.4 is 5.32 Å². The summed E-state index contributed by atoms with van der Waals surface area (Å²) in [5, 5.41) is 3.18. The number of carbonyl (C=O) groups is 1. The lowest BCUT2D eigenvalue weighted by atomic mass is 10.2. The van der Waals surface area contributed by atoms with Crippen LogP contribution in [0.25, 0.3) is 0 Å². The summed E-state index contributed by atoms with van der Waals surface area (Å²) in [5.41, 5.74) is 0. The van der Waals surface area contributed by atoms with Crippen molar-refractivity contribution in [1.29, 1.82) is 0 Å². The van der Waals surface area contributed by atoms with E-state index in [-0.39, 0.29) is 5.03 Å². The molecule has 11 heavy (non-hydrogen) atoms. The van der Waals surface area contributed by atoms with E-state index in [4.69, 9.17) is 34.8 Å². The van der Waals surface area contributed by atoms with Gasteiger partial charge < -0.3 is 5.32 Å². The van der Waals surface area contributed by atoms with E-state index in [1.165, 1.54) is 12.3 Å². The van der Waals surface area contributed by atoms with Crippen molar-refractivity contribution < 1.29 is 4.79 Å². The second kappa shape index (κ2) is 3.05. The zero-order valence-electron chi connectivity index (χ0n) is 5.27. The van der Waals surface area contributed by atoms with Crippen LogP contribution in [0.15, 0.2) is 22.3 Å². The Morgan fingerprint density at radius 3 is 2.55 bits per heavy atom. The highest BCUT2D eigenvalue weighted by Gasteiger charge is 2.26. The fourth-order valence-corrected chi connectivity index (χ4v) is 1.16. The van der Waals surface area contributed by atoms with E-state index in [0.717, 1.165) is 0 Å². The van der Waals surface area contributed by atoms with Crippen LogP contribution in [0.3, 0.4) is 0 Å². The maximum absolute atomic E-state index is 10.4. The predicted molar refractivity (Wildman–Crippen MR) is 45.7 cm³/mol.